The van der Waals surface area contributed by atoms with E-state index in [-0.39, 0.29) is 11.5 Å². The van der Waals surface area contributed by atoms with Crippen molar-refractivity contribution in [3.8, 4) is 0 Å². The van der Waals surface area contributed by atoms with Gasteiger partial charge in [0.15, 0.2) is 0 Å². The average Bonchev–Trinajstić information content (AvgIpc) is 2.67. The van der Waals surface area contributed by atoms with E-state index in [4.69, 9.17) is 0 Å². The highest BCUT2D eigenvalue weighted by molar-refractivity contribution is 5.34. The lowest BCUT2D eigenvalue weighted by Crippen LogP contribution is -2.63. The van der Waals surface area contributed by atoms with E-state index < -0.39 is 0 Å². The van der Waals surface area contributed by atoms with E-state index in [0.29, 0.717) is 27.6 Å². The number of rotatable bonds is 0. The Balaban J connectivity index is 1.57. The van der Waals surface area contributed by atoms with Gasteiger partial charge in [-0.1, -0.05) is 67.0 Å². The van der Waals surface area contributed by atoms with Crippen LogP contribution in [-0.2, 0) is 0 Å². The van der Waals surface area contributed by atoms with Gasteiger partial charge in [-0.25, -0.2) is 0 Å². The summed E-state index contributed by atoms with van der Waals surface area (Å²) in [5, 5.41) is 10.9. The normalized spacial score (nSPS) is 58.3. The van der Waals surface area contributed by atoms with Crippen molar-refractivity contribution in [2.75, 3.05) is 0 Å². The molecule has 31 heavy (non-hydrogen) atoms. The Labute approximate surface area is 192 Å². The second kappa shape index (κ2) is 6.64. The summed E-state index contributed by atoms with van der Waals surface area (Å²) in [7, 11) is 0. The quantitative estimate of drug-likeness (QED) is 0.389. The lowest BCUT2D eigenvalue weighted by Gasteiger charge is -2.70. The monoisotopic (exact) mass is 426 g/mol. The van der Waals surface area contributed by atoms with Gasteiger partial charge >= 0.3 is 0 Å². The molecular weight excluding hydrogens is 376 g/mol. The summed E-state index contributed by atoms with van der Waals surface area (Å²) in [5.74, 6) is 3.99. The standard InChI is InChI=1S/C30H50O/c1-19-9-14-27(5)15-10-23-29(7)16-11-21-26(3,4)24(31)13-18-28(21,6)22(29)12-17-30(23,8)25(27)20(19)2/h10,19-22,24-25,31H,9,11-18H2,1-8H3. The smallest absolute Gasteiger partial charge is 0.0594 e. The predicted octanol–water partition coefficient (Wildman–Crippen LogP) is 8.02. The summed E-state index contributed by atoms with van der Waals surface area (Å²) in [6.45, 7) is 20.5. The van der Waals surface area contributed by atoms with Gasteiger partial charge in [0.05, 0.1) is 6.10 Å². The van der Waals surface area contributed by atoms with E-state index in [1.807, 2.05) is 5.57 Å². The van der Waals surface area contributed by atoms with E-state index in [1.54, 1.807) is 0 Å². The number of aliphatic hydroxyl groups excluding tert-OH is 1. The minimum Gasteiger partial charge on any atom is -0.393 e. The Kier molecular flexibility index (Phi) is 4.82. The molecule has 4 saturated carbocycles. The number of hydrogen-bond donors (Lipinski definition) is 1. The van der Waals surface area contributed by atoms with Crippen LogP contribution in [0, 0.1) is 56.7 Å². The molecule has 4 fully saturated rings. The molecule has 1 N–H and O–H groups in total. The fraction of sp³-hybridized carbons (Fsp3) is 0.933. The predicted molar refractivity (Wildman–Crippen MR) is 131 cm³/mol. The molecule has 0 bridgehead atoms. The molecule has 0 aromatic carbocycles. The van der Waals surface area contributed by atoms with Gasteiger partial charge in [0.25, 0.3) is 0 Å². The third-order valence-electron chi connectivity index (χ3n) is 13.0. The number of fused-ring (bicyclic) bond motifs is 7. The maximum absolute atomic E-state index is 10.9. The molecule has 0 radical (unpaired) electrons. The Morgan fingerprint density at radius 2 is 1.42 bits per heavy atom. The molecule has 176 valence electrons. The van der Waals surface area contributed by atoms with Crippen molar-refractivity contribution in [3.05, 3.63) is 11.6 Å². The van der Waals surface area contributed by atoms with Crippen LogP contribution in [0.5, 0.6) is 0 Å². The fourth-order valence-electron chi connectivity index (χ4n) is 11.4. The van der Waals surface area contributed by atoms with Crippen molar-refractivity contribution in [1.82, 2.24) is 0 Å². The van der Waals surface area contributed by atoms with Crippen LogP contribution in [0.1, 0.15) is 113 Å². The molecule has 5 rings (SSSR count). The molecule has 10 unspecified atom stereocenters. The fourth-order valence-corrected chi connectivity index (χ4v) is 11.4. The summed E-state index contributed by atoms with van der Waals surface area (Å²) >= 11 is 0. The minimum absolute atomic E-state index is 0.0575. The van der Waals surface area contributed by atoms with Crippen molar-refractivity contribution in [3.63, 3.8) is 0 Å². The summed E-state index contributed by atoms with van der Waals surface area (Å²) < 4.78 is 0. The Morgan fingerprint density at radius 3 is 2.13 bits per heavy atom. The van der Waals surface area contributed by atoms with E-state index >= 15 is 0 Å². The first kappa shape index (κ1) is 22.5. The van der Waals surface area contributed by atoms with Crippen LogP contribution in [0.4, 0.5) is 0 Å². The lowest BCUT2D eigenvalue weighted by atomic mass is 9.34. The molecule has 1 heteroatoms. The van der Waals surface area contributed by atoms with Crippen LogP contribution in [0.15, 0.2) is 11.6 Å². The van der Waals surface area contributed by atoms with Gasteiger partial charge in [-0.2, -0.15) is 0 Å². The molecule has 0 saturated heterocycles. The van der Waals surface area contributed by atoms with Gasteiger partial charge < -0.3 is 5.11 Å². The molecule has 0 amide bonds. The summed E-state index contributed by atoms with van der Waals surface area (Å²) in [4.78, 5) is 0. The maximum atomic E-state index is 10.9. The summed E-state index contributed by atoms with van der Waals surface area (Å²) in [6, 6.07) is 0. The number of aliphatic hydroxyl groups is 1. The highest BCUT2D eigenvalue weighted by atomic mass is 16.3. The third kappa shape index (κ3) is 2.71. The molecule has 5 aliphatic carbocycles. The lowest BCUT2D eigenvalue weighted by molar-refractivity contribution is -0.185. The second-order valence-electron chi connectivity index (χ2n) is 14.7. The molecule has 0 aliphatic heterocycles. The first-order valence-corrected chi connectivity index (χ1v) is 13.7. The maximum Gasteiger partial charge on any atom is 0.0594 e. The van der Waals surface area contributed by atoms with Crippen molar-refractivity contribution in [2.45, 2.75) is 119 Å². The Hall–Kier alpha value is -0.300. The first-order valence-electron chi connectivity index (χ1n) is 13.7. The molecule has 0 heterocycles. The van der Waals surface area contributed by atoms with Crippen LogP contribution < -0.4 is 0 Å². The van der Waals surface area contributed by atoms with Gasteiger partial charge in [0.2, 0.25) is 0 Å². The minimum atomic E-state index is -0.122. The largest absolute Gasteiger partial charge is 0.393 e. The average molecular weight is 427 g/mol. The molecule has 1 nitrogen and oxygen atoms in total. The number of hydrogen-bond acceptors (Lipinski definition) is 1. The third-order valence-corrected chi connectivity index (χ3v) is 13.0. The Bertz CT molecular complexity index is 779. The van der Waals surface area contributed by atoms with Crippen LogP contribution in [0.2, 0.25) is 0 Å². The zero-order valence-corrected chi connectivity index (χ0v) is 21.9. The van der Waals surface area contributed by atoms with Gasteiger partial charge in [-0.05, 0) is 114 Å². The number of allylic oxidation sites excluding steroid dienone is 2. The second-order valence-corrected chi connectivity index (χ2v) is 14.7. The molecule has 5 aliphatic rings. The molecular formula is C30H50O. The highest BCUT2D eigenvalue weighted by Gasteiger charge is 2.67. The van der Waals surface area contributed by atoms with Gasteiger partial charge in [-0.3, -0.25) is 0 Å². The van der Waals surface area contributed by atoms with Crippen LogP contribution in [-0.4, -0.2) is 11.2 Å². The molecule has 0 aromatic rings. The van der Waals surface area contributed by atoms with Crippen LogP contribution >= 0.6 is 0 Å². The van der Waals surface area contributed by atoms with E-state index in [2.05, 4.69) is 61.5 Å². The first-order chi connectivity index (χ1) is 14.3. The topological polar surface area (TPSA) is 20.2 Å². The Morgan fingerprint density at radius 1 is 0.774 bits per heavy atom. The SMILES string of the molecule is CC1CCC2(C)CC=C3C(C)(CCC4C3(C)CCC3C(C)(C)C(O)CCC43C)C2C1C. The molecule has 0 aromatic heterocycles. The summed E-state index contributed by atoms with van der Waals surface area (Å²) in [6.07, 6.45) is 14.5. The van der Waals surface area contributed by atoms with Crippen molar-refractivity contribution >= 4 is 0 Å². The zero-order chi connectivity index (χ0) is 22.6. The van der Waals surface area contributed by atoms with Crippen LogP contribution in [0.25, 0.3) is 0 Å². The molecule has 10 atom stereocenters. The van der Waals surface area contributed by atoms with Gasteiger partial charge in [-0.15, -0.1) is 0 Å². The van der Waals surface area contributed by atoms with Crippen molar-refractivity contribution in [1.29, 1.82) is 0 Å². The molecule has 0 spiro atoms. The van der Waals surface area contributed by atoms with Gasteiger partial charge in [0.1, 0.15) is 0 Å². The van der Waals surface area contributed by atoms with Crippen molar-refractivity contribution < 1.29 is 5.11 Å². The van der Waals surface area contributed by atoms with Crippen LogP contribution in [0.3, 0.4) is 0 Å². The zero-order valence-electron chi connectivity index (χ0n) is 21.9. The van der Waals surface area contributed by atoms with E-state index in [1.165, 1.54) is 51.4 Å². The van der Waals surface area contributed by atoms with E-state index in [9.17, 15) is 5.11 Å². The van der Waals surface area contributed by atoms with Gasteiger partial charge in [0, 0.05) is 0 Å². The van der Waals surface area contributed by atoms with Crippen molar-refractivity contribution in [2.24, 2.45) is 56.7 Å². The highest BCUT2D eigenvalue weighted by Crippen LogP contribution is 2.74. The summed E-state index contributed by atoms with van der Waals surface area (Å²) in [5.41, 5.74) is 3.57. The van der Waals surface area contributed by atoms with E-state index in [0.717, 1.165) is 30.1 Å².